The predicted molar refractivity (Wildman–Crippen MR) is 113 cm³/mol. The van der Waals surface area contributed by atoms with Gasteiger partial charge in [0.05, 0.1) is 19.8 Å². The number of methoxy groups -OCH3 is 2. The summed E-state index contributed by atoms with van der Waals surface area (Å²) in [6.45, 7) is 1.06. The van der Waals surface area contributed by atoms with Crippen molar-refractivity contribution in [2.24, 2.45) is 0 Å². The molecule has 0 atom stereocenters. The highest BCUT2D eigenvalue weighted by Gasteiger charge is 2.17. The fourth-order valence-electron chi connectivity index (χ4n) is 2.92. The van der Waals surface area contributed by atoms with Crippen LogP contribution < -0.4 is 24.3 Å². The van der Waals surface area contributed by atoms with Gasteiger partial charge in [0.1, 0.15) is 29.7 Å². The van der Waals surface area contributed by atoms with Crippen LogP contribution in [0, 0.1) is 0 Å². The Morgan fingerprint density at radius 3 is 2.47 bits per heavy atom. The maximum absolute atomic E-state index is 13.0. The molecule has 1 aliphatic rings. The number of nitrogens with one attached hydrogen (secondary N) is 1. The summed E-state index contributed by atoms with van der Waals surface area (Å²) in [7, 11) is 3.12. The Kier molecular flexibility index (Phi) is 5.94. The molecule has 2 heterocycles. The van der Waals surface area contributed by atoms with Crippen molar-refractivity contribution in [2.75, 3.05) is 32.8 Å². The third-order valence-electron chi connectivity index (χ3n) is 4.35. The summed E-state index contributed by atoms with van der Waals surface area (Å²) in [4.78, 5) is 18.3. The van der Waals surface area contributed by atoms with E-state index in [1.54, 1.807) is 50.7 Å². The molecule has 1 N–H and O–H groups in total. The van der Waals surface area contributed by atoms with E-state index in [2.05, 4.69) is 10.3 Å². The number of benzene rings is 2. The lowest BCUT2D eigenvalue weighted by atomic mass is 10.2. The molecule has 0 unspecified atom stereocenters. The molecular weight excluding hydrogens is 404 g/mol. The van der Waals surface area contributed by atoms with Gasteiger partial charge in [-0.25, -0.2) is 4.98 Å². The highest BCUT2D eigenvalue weighted by molar-refractivity contribution is 7.99. The topological polar surface area (TPSA) is 78.9 Å². The van der Waals surface area contributed by atoms with Crippen molar-refractivity contribution >= 4 is 23.4 Å². The molecule has 0 radical (unpaired) electrons. The average Bonchev–Trinajstić information content (AvgIpc) is 2.79. The molecule has 154 valence electrons. The second kappa shape index (κ2) is 8.96. The molecule has 7 nitrogen and oxygen atoms in total. The van der Waals surface area contributed by atoms with Gasteiger partial charge < -0.3 is 24.3 Å². The number of amides is 1. The van der Waals surface area contributed by atoms with Crippen molar-refractivity contribution in [3.63, 3.8) is 0 Å². The van der Waals surface area contributed by atoms with Gasteiger partial charge in [-0.3, -0.25) is 4.79 Å². The van der Waals surface area contributed by atoms with E-state index in [4.69, 9.17) is 18.9 Å². The second-order valence-corrected chi connectivity index (χ2v) is 7.38. The molecule has 1 aromatic heterocycles. The summed E-state index contributed by atoms with van der Waals surface area (Å²) in [6, 6.07) is 14.3. The van der Waals surface area contributed by atoms with E-state index in [-0.39, 0.29) is 5.91 Å². The van der Waals surface area contributed by atoms with E-state index in [1.807, 2.05) is 18.2 Å². The quantitative estimate of drug-likeness (QED) is 0.633. The van der Waals surface area contributed by atoms with Crippen LogP contribution in [0.1, 0.15) is 10.4 Å². The van der Waals surface area contributed by atoms with Crippen LogP contribution in [0.2, 0.25) is 0 Å². The Morgan fingerprint density at radius 2 is 1.73 bits per heavy atom. The molecule has 2 aromatic carbocycles. The van der Waals surface area contributed by atoms with Crippen molar-refractivity contribution in [1.29, 1.82) is 0 Å². The molecule has 0 bridgehead atoms. The SMILES string of the molecule is COc1cc(NC(=O)c2cccnc2Sc2ccc3c(c2)OCCO3)cc(OC)c1. The first-order chi connectivity index (χ1) is 14.7. The molecular formula is C22H20N2O5S. The number of hydrogen-bond acceptors (Lipinski definition) is 7. The number of anilines is 1. The smallest absolute Gasteiger partial charge is 0.258 e. The minimum Gasteiger partial charge on any atom is -0.497 e. The number of nitrogens with zero attached hydrogens (tertiary/aromatic N) is 1. The first-order valence-electron chi connectivity index (χ1n) is 9.23. The maximum atomic E-state index is 13.0. The number of aromatic nitrogens is 1. The van der Waals surface area contributed by atoms with E-state index < -0.39 is 0 Å². The lowest BCUT2D eigenvalue weighted by molar-refractivity contribution is 0.102. The highest BCUT2D eigenvalue weighted by Crippen LogP contribution is 2.37. The number of carbonyl (C=O) groups excluding carboxylic acids is 1. The summed E-state index contributed by atoms with van der Waals surface area (Å²) < 4.78 is 21.7. The summed E-state index contributed by atoms with van der Waals surface area (Å²) >= 11 is 1.38. The number of hydrogen-bond donors (Lipinski definition) is 1. The number of pyridine rings is 1. The van der Waals surface area contributed by atoms with Crippen molar-refractivity contribution < 1.29 is 23.7 Å². The van der Waals surface area contributed by atoms with Crippen LogP contribution in [-0.2, 0) is 0 Å². The van der Waals surface area contributed by atoms with Gasteiger partial charge in [-0.05, 0) is 30.3 Å². The zero-order chi connectivity index (χ0) is 20.9. The lowest BCUT2D eigenvalue weighted by Gasteiger charge is -2.18. The Bertz CT molecular complexity index is 1050. The van der Waals surface area contributed by atoms with Gasteiger partial charge in [-0.2, -0.15) is 0 Å². The zero-order valence-corrected chi connectivity index (χ0v) is 17.3. The highest BCUT2D eigenvalue weighted by atomic mass is 32.2. The summed E-state index contributed by atoms with van der Waals surface area (Å²) in [5, 5.41) is 3.47. The Labute approximate surface area is 178 Å². The summed E-state index contributed by atoms with van der Waals surface area (Å²) in [5.74, 6) is 2.30. The number of carbonyl (C=O) groups is 1. The van der Waals surface area contributed by atoms with Crippen LogP contribution in [0.4, 0.5) is 5.69 Å². The van der Waals surface area contributed by atoms with Gasteiger partial charge >= 0.3 is 0 Å². The molecule has 0 spiro atoms. The van der Waals surface area contributed by atoms with E-state index in [1.165, 1.54) is 11.8 Å². The van der Waals surface area contributed by atoms with Crippen molar-refractivity contribution in [1.82, 2.24) is 4.98 Å². The third-order valence-corrected chi connectivity index (χ3v) is 5.36. The minimum atomic E-state index is -0.279. The van der Waals surface area contributed by atoms with Crippen molar-refractivity contribution in [3.8, 4) is 23.0 Å². The molecule has 1 aliphatic heterocycles. The molecule has 30 heavy (non-hydrogen) atoms. The monoisotopic (exact) mass is 424 g/mol. The fourth-order valence-corrected chi connectivity index (χ4v) is 3.83. The van der Waals surface area contributed by atoms with Crippen LogP contribution >= 0.6 is 11.8 Å². The van der Waals surface area contributed by atoms with Gasteiger partial charge in [-0.15, -0.1) is 0 Å². The van der Waals surface area contributed by atoms with Gasteiger partial charge in [0.25, 0.3) is 5.91 Å². The van der Waals surface area contributed by atoms with Crippen molar-refractivity contribution in [3.05, 3.63) is 60.3 Å². The van der Waals surface area contributed by atoms with E-state index >= 15 is 0 Å². The summed E-state index contributed by atoms with van der Waals surface area (Å²) in [6.07, 6.45) is 1.66. The van der Waals surface area contributed by atoms with Crippen LogP contribution in [-0.4, -0.2) is 38.3 Å². The largest absolute Gasteiger partial charge is 0.497 e. The van der Waals surface area contributed by atoms with Crippen LogP contribution in [0.25, 0.3) is 0 Å². The lowest BCUT2D eigenvalue weighted by Crippen LogP contribution is -2.15. The Morgan fingerprint density at radius 1 is 1.00 bits per heavy atom. The zero-order valence-electron chi connectivity index (χ0n) is 16.5. The molecule has 0 fully saturated rings. The van der Waals surface area contributed by atoms with Gasteiger partial charge in [0.2, 0.25) is 0 Å². The molecule has 4 rings (SSSR count). The summed E-state index contributed by atoms with van der Waals surface area (Å²) in [5.41, 5.74) is 1.02. The maximum Gasteiger partial charge on any atom is 0.258 e. The number of fused-ring (bicyclic) bond motifs is 1. The van der Waals surface area contributed by atoms with E-state index in [0.29, 0.717) is 46.7 Å². The van der Waals surface area contributed by atoms with Crippen LogP contribution in [0.15, 0.2) is 64.6 Å². The minimum absolute atomic E-state index is 0.279. The molecule has 1 amide bonds. The predicted octanol–water partition coefficient (Wildman–Crippen LogP) is 4.27. The molecule has 8 heteroatoms. The molecule has 0 aliphatic carbocycles. The van der Waals surface area contributed by atoms with Crippen molar-refractivity contribution in [2.45, 2.75) is 9.92 Å². The van der Waals surface area contributed by atoms with Crippen LogP contribution in [0.3, 0.4) is 0 Å². The van der Waals surface area contributed by atoms with E-state index in [0.717, 1.165) is 10.6 Å². The van der Waals surface area contributed by atoms with E-state index in [9.17, 15) is 4.79 Å². The standard InChI is InChI=1S/C22H20N2O5S/c1-26-15-10-14(11-16(12-15)27-2)24-21(25)18-4-3-7-23-22(18)30-17-5-6-19-20(13-17)29-9-8-28-19/h3-7,10-13H,8-9H2,1-2H3,(H,24,25). The number of rotatable bonds is 6. The molecule has 0 saturated heterocycles. The first-order valence-corrected chi connectivity index (χ1v) is 10.0. The Balaban J connectivity index is 1.57. The van der Waals surface area contributed by atoms with Crippen LogP contribution in [0.5, 0.6) is 23.0 Å². The van der Waals surface area contributed by atoms with Gasteiger partial charge in [0, 0.05) is 35.0 Å². The number of ether oxygens (including phenoxy) is 4. The first kappa shape index (κ1) is 19.9. The molecule has 3 aromatic rings. The third kappa shape index (κ3) is 4.44. The van der Waals surface area contributed by atoms with Gasteiger partial charge in [0.15, 0.2) is 11.5 Å². The Hall–Kier alpha value is -3.39. The fraction of sp³-hybridized carbons (Fsp3) is 0.182. The second-order valence-electron chi connectivity index (χ2n) is 6.32. The average molecular weight is 424 g/mol. The van der Waals surface area contributed by atoms with Gasteiger partial charge in [-0.1, -0.05) is 11.8 Å². The molecule has 0 saturated carbocycles. The normalized spacial score (nSPS) is 12.2.